The molecule has 21 heavy (non-hydrogen) atoms. The molecule has 0 aliphatic carbocycles. The maximum atomic E-state index is 12.6. The van der Waals surface area contributed by atoms with Crippen molar-refractivity contribution in [3.8, 4) is 0 Å². The van der Waals surface area contributed by atoms with Gasteiger partial charge in [-0.05, 0) is 13.0 Å². The molecular formula is C18H15NO2. The van der Waals surface area contributed by atoms with Gasteiger partial charge in [0.25, 0.3) is 0 Å². The van der Waals surface area contributed by atoms with E-state index in [9.17, 15) is 9.59 Å². The minimum atomic E-state index is -0.463. The van der Waals surface area contributed by atoms with Gasteiger partial charge in [0.05, 0.1) is 5.56 Å². The zero-order valence-corrected chi connectivity index (χ0v) is 12.0. The molecule has 3 rings (SSSR count). The summed E-state index contributed by atoms with van der Waals surface area (Å²) in [4.78, 5) is 25.0. The lowest BCUT2D eigenvalue weighted by Crippen LogP contribution is -2.15. The molecule has 3 aromatic rings. The molecule has 0 N–H and O–H groups in total. The predicted molar refractivity (Wildman–Crippen MR) is 82.8 cm³/mol. The number of carbonyl (C=O) groups excluding carboxylic acids is 2. The van der Waals surface area contributed by atoms with Crippen LogP contribution in [0.15, 0.2) is 54.6 Å². The number of hydrogen-bond donors (Lipinski definition) is 0. The lowest BCUT2D eigenvalue weighted by atomic mass is 9.99. The highest BCUT2D eigenvalue weighted by molar-refractivity contribution is 6.51. The van der Waals surface area contributed by atoms with Gasteiger partial charge >= 0.3 is 0 Å². The van der Waals surface area contributed by atoms with Crippen LogP contribution in [-0.4, -0.2) is 16.1 Å². The molecule has 0 atom stereocenters. The smallest absolute Gasteiger partial charge is 0.235 e. The summed E-state index contributed by atoms with van der Waals surface area (Å²) in [5, 5.41) is 0.826. The van der Waals surface area contributed by atoms with Crippen LogP contribution in [0.5, 0.6) is 0 Å². The van der Waals surface area contributed by atoms with Crippen molar-refractivity contribution in [1.29, 1.82) is 0 Å². The molecule has 0 saturated heterocycles. The summed E-state index contributed by atoms with van der Waals surface area (Å²) in [5.74, 6) is -0.912. The van der Waals surface area contributed by atoms with Crippen molar-refractivity contribution in [2.45, 2.75) is 6.92 Å². The van der Waals surface area contributed by atoms with E-state index in [1.807, 2.05) is 48.9 Å². The third-order valence-electron chi connectivity index (χ3n) is 3.87. The van der Waals surface area contributed by atoms with Gasteiger partial charge in [0.1, 0.15) is 0 Å². The molecule has 0 radical (unpaired) electrons. The number of fused-ring (bicyclic) bond motifs is 1. The second-order valence-electron chi connectivity index (χ2n) is 5.06. The van der Waals surface area contributed by atoms with Crippen LogP contribution in [0, 0.1) is 6.92 Å². The Morgan fingerprint density at radius 3 is 2.19 bits per heavy atom. The number of nitrogens with zero attached hydrogens (tertiary/aromatic N) is 1. The van der Waals surface area contributed by atoms with Gasteiger partial charge in [-0.1, -0.05) is 48.5 Å². The van der Waals surface area contributed by atoms with Crippen molar-refractivity contribution in [2.24, 2.45) is 7.05 Å². The second-order valence-corrected chi connectivity index (χ2v) is 5.06. The quantitative estimate of drug-likeness (QED) is 0.542. The number of benzene rings is 2. The molecule has 1 aromatic heterocycles. The molecular weight excluding hydrogens is 262 g/mol. The topological polar surface area (TPSA) is 39.1 Å². The number of hydrogen-bond acceptors (Lipinski definition) is 2. The van der Waals surface area contributed by atoms with E-state index >= 15 is 0 Å². The number of carbonyl (C=O) groups is 2. The van der Waals surface area contributed by atoms with Crippen molar-refractivity contribution in [2.75, 3.05) is 0 Å². The maximum Gasteiger partial charge on any atom is 0.235 e. The molecule has 0 amide bonds. The average Bonchev–Trinajstić information content (AvgIpc) is 2.79. The van der Waals surface area contributed by atoms with Gasteiger partial charge in [-0.15, -0.1) is 0 Å². The fourth-order valence-corrected chi connectivity index (χ4v) is 2.64. The lowest BCUT2D eigenvalue weighted by Gasteiger charge is -2.02. The third-order valence-corrected chi connectivity index (χ3v) is 3.87. The Morgan fingerprint density at radius 1 is 0.857 bits per heavy atom. The van der Waals surface area contributed by atoms with E-state index < -0.39 is 11.6 Å². The van der Waals surface area contributed by atoms with Crippen molar-refractivity contribution < 1.29 is 9.59 Å². The van der Waals surface area contributed by atoms with Gasteiger partial charge < -0.3 is 4.57 Å². The summed E-state index contributed by atoms with van der Waals surface area (Å²) in [7, 11) is 1.90. The first-order chi connectivity index (χ1) is 10.1. The number of Topliss-reactive ketones (excluding diaryl/α,β-unsaturated/α-hetero) is 2. The second kappa shape index (κ2) is 5.02. The van der Waals surface area contributed by atoms with E-state index in [4.69, 9.17) is 0 Å². The van der Waals surface area contributed by atoms with Crippen LogP contribution in [0.2, 0.25) is 0 Å². The Labute approximate surface area is 122 Å². The molecule has 2 aromatic carbocycles. The molecule has 0 bridgehead atoms. The summed E-state index contributed by atoms with van der Waals surface area (Å²) in [5.41, 5.74) is 2.70. The first-order valence-electron chi connectivity index (χ1n) is 6.79. The van der Waals surface area contributed by atoms with Gasteiger partial charge in [-0.3, -0.25) is 9.59 Å². The summed E-state index contributed by atoms with van der Waals surface area (Å²) >= 11 is 0. The third kappa shape index (κ3) is 2.07. The van der Waals surface area contributed by atoms with Crippen molar-refractivity contribution in [3.63, 3.8) is 0 Å². The van der Waals surface area contributed by atoms with E-state index in [2.05, 4.69) is 0 Å². The Hall–Kier alpha value is -2.68. The van der Waals surface area contributed by atoms with Gasteiger partial charge in [0.15, 0.2) is 0 Å². The number of aromatic nitrogens is 1. The van der Waals surface area contributed by atoms with Gasteiger partial charge in [-0.25, -0.2) is 0 Å². The van der Waals surface area contributed by atoms with Crippen LogP contribution in [0.4, 0.5) is 0 Å². The normalized spacial score (nSPS) is 10.8. The van der Waals surface area contributed by atoms with Crippen molar-refractivity contribution >= 4 is 22.5 Å². The minimum absolute atomic E-state index is 0.426. The fourth-order valence-electron chi connectivity index (χ4n) is 2.64. The van der Waals surface area contributed by atoms with E-state index in [1.165, 1.54) is 0 Å². The van der Waals surface area contributed by atoms with Crippen LogP contribution >= 0.6 is 0 Å². The van der Waals surface area contributed by atoms with E-state index in [0.717, 1.165) is 16.6 Å². The van der Waals surface area contributed by atoms with Crippen molar-refractivity contribution in [3.05, 3.63) is 71.4 Å². The Morgan fingerprint density at radius 2 is 1.48 bits per heavy atom. The largest absolute Gasteiger partial charge is 0.347 e. The lowest BCUT2D eigenvalue weighted by molar-refractivity contribution is 0.0817. The van der Waals surface area contributed by atoms with Gasteiger partial charge in [0.2, 0.25) is 11.6 Å². The Balaban J connectivity index is 2.15. The molecule has 0 aliphatic rings. The first-order valence-corrected chi connectivity index (χ1v) is 6.79. The molecule has 0 spiro atoms. The van der Waals surface area contributed by atoms with Crippen LogP contribution in [-0.2, 0) is 7.05 Å². The minimum Gasteiger partial charge on any atom is -0.347 e. The summed E-state index contributed by atoms with van der Waals surface area (Å²) in [6, 6.07) is 16.3. The molecule has 3 heteroatoms. The zero-order chi connectivity index (χ0) is 15.0. The standard InChI is InChI=1S/C18H15NO2/c1-12-16(14-10-6-7-11-15(14)19(12)2)18(21)17(20)13-8-4-3-5-9-13/h3-11H,1-2H3. The Bertz CT molecular complexity index is 844. The van der Waals surface area contributed by atoms with E-state index in [1.54, 1.807) is 24.3 Å². The average molecular weight is 277 g/mol. The fraction of sp³-hybridized carbons (Fsp3) is 0.111. The number of rotatable bonds is 3. The highest BCUT2D eigenvalue weighted by Crippen LogP contribution is 2.26. The van der Waals surface area contributed by atoms with E-state index in [0.29, 0.717) is 11.1 Å². The molecule has 1 heterocycles. The molecule has 104 valence electrons. The summed E-state index contributed by atoms with van der Waals surface area (Å²) in [6.45, 7) is 1.87. The SMILES string of the molecule is Cc1c(C(=O)C(=O)c2ccccc2)c2ccccc2n1C. The van der Waals surface area contributed by atoms with Crippen LogP contribution < -0.4 is 0 Å². The van der Waals surface area contributed by atoms with Crippen molar-refractivity contribution in [1.82, 2.24) is 4.57 Å². The predicted octanol–water partition coefficient (Wildman–Crippen LogP) is 3.55. The molecule has 0 unspecified atom stereocenters. The highest BCUT2D eigenvalue weighted by Gasteiger charge is 2.24. The Kier molecular flexibility index (Phi) is 3.18. The van der Waals surface area contributed by atoms with Gasteiger partial charge in [-0.2, -0.15) is 0 Å². The first kappa shape index (κ1) is 13.3. The summed E-state index contributed by atoms with van der Waals surface area (Å²) in [6.07, 6.45) is 0. The number of ketones is 2. The number of aryl methyl sites for hydroxylation is 1. The zero-order valence-electron chi connectivity index (χ0n) is 12.0. The molecule has 0 aliphatic heterocycles. The number of para-hydroxylation sites is 1. The van der Waals surface area contributed by atoms with Crippen LogP contribution in [0.3, 0.4) is 0 Å². The maximum absolute atomic E-state index is 12.6. The summed E-state index contributed by atoms with van der Waals surface area (Å²) < 4.78 is 1.95. The van der Waals surface area contributed by atoms with Crippen LogP contribution in [0.25, 0.3) is 10.9 Å². The van der Waals surface area contributed by atoms with E-state index in [-0.39, 0.29) is 0 Å². The molecule has 0 saturated carbocycles. The molecule has 3 nitrogen and oxygen atoms in total. The molecule has 0 fully saturated rings. The highest BCUT2D eigenvalue weighted by atomic mass is 16.2. The monoisotopic (exact) mass is 277 g/mol. The van der Waals surface area contributed by atoms with Crippen LogP contribution in [0.1, 0.15) is 26.4 Å². The van der Waals surface area contributed by atoms with Gasteiger partial charge in [0, 0.05) is 29.2 Å².